The number of aliphatic hydroxyl groups excluding tert-OH is 4. The topological polar surface area (TPSA) is 171 Å². The van der Waals surface area contributed by atoms with E-state index in [0.717, 1.165) is 0 Å². The number of imidazole rings is 1. The lowest BCUT2D eigenvalue weighted by molar-refractivity contribution is -0.132. The minimum absolute atomic E-state index is 0.407. The Bertz CT molecular complexity index is 564. The van der Waals surface area contributed by atoms with Gasteiger partial charge in [0.25, 0.3) is 0 Å². The van der Waals surface area contributed by atoms with Crippen LogP contribution in [-0.4, -0.2) is 71.6 Å². The molecule has 1 aliphatic rings. The number of fused-ring (bicyclic) bond motifs is 1. The molecule has 110 valence electrons. The Balaban J connectivity index is 0.000000147. The third kappa shape index (κ3) is 2.84. The van der Waals surface area contributed by atoms with Gasteiger partial charge in [-0.1, -0.05) is 0 Å². The lowest BCUT2D eigenvalue weighted by Gasteiger charge is -2.09. The molecule has 0 aliphatic carbocycles. The largest absolute Gasteiger partial charge is 0.394 e. The second-order valence-corrected chi connectivity index (χ2v) is 4.09. The van der Waals surface area contributed by atoms with Crippen molar-refractivity contribution in [3.05, 3.63) is 12.7 Å². The number of hydrogen-bond donors (Lipinski definition) is 6. The quantitative estimate of drug-likeness (QED) is 0.327. The fourth-order valence-electron chi connectivity index (χ4n) is 1.66. The summed E-state index contributed by atoms with van der Waals surface area (Å²) in [6.07, 6.45) is -1.83. The maximum atomic E-state index is 8.93. The second-order valence-electron chi connectivity index (χ2n) is 4.09. The van der Waals surface area contributed by atoms with Crippen molar-refractivity contribution >= 4 is 17.0 Å². The van der Waals surface area contributed by atoms with E-state index in [1.54, 1.807) is 0 Å². The number of ether oxygens (including phenoxy) is 1. The number of aromatic amines is 1. The lowest BCUT2D eigenvalue weighted by atomic mass is 10.1. The monoisotopic (exact) mass is 285 g/mol. The summed E-state index contributed by atoms with van der Waals surface area (Å²) in [5.41, 5.74) is 6.78. The summed E-state index contributed by atoms with van der Waals surface area (Å²) in [4.78, 5) is 14.4. The Morgan fingerprint density at radius 1 is 1.20 bits per heavy atom. The number of rotatable bonds is 1. The van der Waals surface area contributed by atoms with E-state index in [4.69, 9.17) is 26.2 Å². The number of H-pyrrole nitrogens is 1. The molecule has 3 rings (SSSR count). The summed E-state index contributed by atoms with van der Waals surface area (Å²) >= 11 is 0. The average molecular weight is 285 g/mol. The molecule has 1 unspecified atom stereocenters. The van der Waals surface area contributed by atoms with Crippen molar-refractivity contribution in [1.29, 1.82) is 0 Å². The number of anilines is 1. The third-order valence-electron chi connectivity index (χ3n) is 2.77. The third-order valence-corrected chi connectivity index (χ3v) is 2.77. The number of nitrogens with two attached hydrogens (primary N) is 1. The zero-order chi connectivity index (χ0) is 14.7. The van der Waals surface area contributed by atoms with E-state index in [1.807, 2.05) is 0 Å². The van der Waals surface area contributed by atoms with Crippen LogP contribution >= 0.6 is 0 Å². The fraction of sp³-hybridized carbons (Fsp3) is 0.500. The summed E-state index contributed by atoms with van der Waals surface area (Å²) < 4.78 is 4.54. The van der Waals surface area contributed by atoms with Crippen LogP contribution in [0.25, 0.3) is 11.2 Å². The number of nitrogen functional groups attached to an aromatic ring is 1. The van der Waals surface area contributed by atoms with Crippen molar-refractivity contribution in [3.63, 3.8) is 0 Å². The molecule has 2 aromatic heterocycles. The van der Waals surface area contributed by atoms with Crippen molar-refractivity contribution in [2.24, 2.45) is 0 Å². The summed E-state index contributed by atoms with van der Waals surface area (Å²) in [5, 5.41) is 35.0. The van der Waals surface area contributed by atoms with Gasteiger partial charge < -0.3 is 35.9 Å². The number of nitrogens with one attached hydrogen (secondary N) is 1. The highest BCUT2D eigenvalue weighted by molar-refractivity contribution is 5.80. The Labute approximate surface area is 112 Å². The maximum Gasteiger partial charge on any atom is 0.184 e. The number of nitrogens with zero attached hydrogens (tertiary/aromatic N) is 3. The molecule has 2 aromatic rings. The molecule has 3 heterocycles. The number of aliphatic hydroxyl groups is 4. The van der Waals surface area contributed by atoms with Crippen LogP contribution in [0.2, 0.25) is 0 Å². The number of hydrogen-bond acceptors (Lipinski definition) is 9. The first-order chi connectivity index (χ1) is 9.54. The molecule has 0 spiro atoms. The van der Waals surface area contributed by atoms with Gasteiger partial charge in [0.2, 0.25) is 0 Å². The summed E-state index contributed by atoms with van der Waals surface area (Å²) in [5.74, 6) is 0.433. The van der Waals surface area contributed by atoms with Gasteiger partial charge in [-0.15, -0.1) is 0 Å². The van der Waals surface area contributed by atoms with Gasteiger partial charge in [-0.3, -0.25) is 0 Å². The van der Waals surface area contributed by atoms with Crippen LogP contribution in [0.1, 0.15) is 0 Å². The second kappa shape index (κ2) is 6.07. The molecule has 0 radical (unpaired) electrons. The van der Waals surface area contributed by atoms with Gasteiger partial charge in [-0.25, -0.2) is 15.0 Å². The van der Waals surface area contributed by atoms with E-state index in [-0.39, 0.29) is 0 Å². The summed E-state index contributed by atoms with van der Waals surface area (Å²) in [6.45, 7) is -0.407. The van der Waals surface area contributed by atoms with Crippen molar-refractivity contribution in [2.75, 3.05) is 12.3 Å². The van der Waals surface area contributed by atoms with Crippen LogP contribution in [0.3, 0.4) is 0 Å². The fourth-order valence-corrected chi connectivity index (χ4v) is 1.66. The smallest absolute Gasteiger partial charge is 0.184 e. The molecular weight excluding hydrogens is 270 g/mol. The maximum absolute atomic E-state index is 8.93. The molecule has 1 fully saturated rings. The van der Waals surface area contributed by atoms with Crippen molar-refractivity contribution in [1.82, 2.24) is 19.9 Å². The highest BCUT2D eigenvalue weighted by atomic mass is 16.6. The normalized spacial score (nSPS) is 29.2. The highest BCUT2D eigenvalue weighted by Crippen LogP contribution is 2.18. The van der Waals surface area contributed by atoms with Gasteiger partial charge in [-0.2, -0.15) is 0 Å². The van der Waals surface area contributed by atoms with E-state index in [9.17, 15) is 0 Å². The van der Waals surface area contributed by atoms with Crippen molar-refractivity contribution in [3.8, 4) is 0 Å². The molecule has 10 heteroatoms. The molecule has 4 atom stereocenters. The van der Waals surface area contributed by atoms with Crippen LogP contribution in [-0.2, 0) is 4.74 Å². The van der Waals surface area contributed by atoms with Crippen LogP contribution in [0.15, 0.2) is 12.7 Å². The van der Waals surface area contributed by atoms with Gasteiger partial charge in [0.05, 0.1) is 12.9 Å². The Hall–Kier alpha value is -1.85. The lowest BCUT2D eigenvalue weighted by Crippen LogP contribution is -2.33. The minimum atomic E-state index is -1.38. The number of aromatic nitrogens is 4. The molecule has 10 nitrogen and oxygen atoms in total. The van der Waals surface area contributed by atoms with Gasteiger partial charge >= 0.3 is 0 Å². The predicted octanol–water partition coefficient (Wildman–Crippen LogP) is -2.65. The van der Waals surface area contributed by atoms with Gasteiger partial charge in [-0.05, 0) is 0 Å². The van der Waals surface area contributed by atoms with E-state index in [0.29, 0.717) is 17.0 Å². The van der Waals surface area contributed by atoms with Gasteiger partial charge in [0.15, 0.2) is 17.8 Å². The summed E-state index contributed by atoms with van der Waals surface area (Å²) in [6, 6.07) is 0. The van der Waals surface area contributed by atoms with Gasteiger partial charge in [0, 0.05) is 0 Å². The molecule has 0 saturated carbocycles. The van der Waals surface area contributed by atoms with Gasteiger partial charge in [0.1, 0.15) is 30.2 Å². The molecule has 0 aromatic carbocycles. The highest BCUT2D eigenvalue weighted by Gasteiger charge is 2.41. The Kier molecular flexibility index (Phi) is 4.42. The van der Waals surface area contributed by atoms with Crippen molar-refractivity contribution < 1.29 is 25.2 Å². The molecule has 1 aliphatic heterocycles. The zero-order valence-corrected chi connectivity index (χ0v) is 10.3. The Morgan fingerprint density at radius 2 is 1.95 bits per heavy atom. The van der Waals surface area contributed by atoms with Crippen LogP contribution in [0.4, 0.5) is 5.82 Å². The zero-order valence-electron chi connectivity index (χ0n) is 10.3. The molecule has 1 saturated heterocycles. The van der Waals surface area contributed by atoms with E-state index >= 15 is 0 Å². The SMILES string of the molecule is Nc1ncnc2nc[nH]c12.OC[C@H]1OC(O)[C@@H](O)[C@@H]1O. The van der Waals surface area contributed by atoms with E-state index in [1.165, 1.54) is 12.7 Å². The minimum Gasteiger partial charge on any atom is -0.394 e. The Morgan fingerprint density at radius 3 is 2.45 bits per heavy atom. The summed E-state index contributed by atoms with van der Waals surface area (Å²) in [7, 11) is 0. The molecule has 20 heavy (non-hydrogen) atoms. The van der Waals surface area contributed by atoms with Crippen molar-refractivity contribution in [2.45, 2.75) is 24.6 Å². The first-order valence-electron chi connectivity index (χ1n) is 5.74. The molecule has 0 bridgehead atoms. The van der Waals surface area contributed by atoms with Crippen LogP contribution in [0.5, 0.6) is 0 Å². The molecule has 7 N–H and O–H groups in total. The molecule has 0 amide bonds. The van der Waals surface area contributed by atoms with E-state index < -0.39 is 31.2 Å². The predicted molar refractivity (Wildman–Crippen MR) is 66.1 cm³/mol. The molecular formula is C10H15N5O5. The van der Waals surface area contributed by atoms with Crippen LogP contribution in [0, 0.1) is 0 Å². The first kappa shape index (κ1) is 14.6. The first-order valence-corrected chi connectivity index (χ1v) is 5.74. The average Bonchev–Trinajstić information content (AvgIpc) is 3.01. The van der Waals surface area contributed by atoms with E-state index in [2.05, 4.69) is 24.7 Å². The van der Waals surface area contributed by atoms with Crippen LogP contribution < -0.4 is 5.73 Å². The standard InChI is InChI=1S/C5H5N5.C5H10O5/c6-4-3-5(9-1-7-3)10-2-8-4;6-1-2-3(7)4(8)5(9)10-2/h1-2H,(H3,6,7,8,9,10);2-9H,1H2/t;2-,3-,4+,5?/m.1/s1.